The highest BCUT2D eigenvalue weighted by Crippen LogP contribution is 1.98. The Balaban J connectivity index is 0.000000162. The Morgan fingerprint density at radius 2 is 1.40 bits per heavy atom. The van der Waals surface area contributed by atoms with E-state index in [1.54, 1.807) is 0 Å². The van der Waals surface area contributed by atoms with Crippen molar-refractivity contribution >= 4 is 10.4 Å². The number of hydrogen-bond donors (Lipinski definition) is 2. The highest BCUT2D eigenvalue weighted by molar-refractivity contribution is 7.79. The molecule has 0 spiro atoms. The fourth-order valence-corrected chi connectivity index (χ4v) is 0.510. The number of ether oxygens (including phenoxy) is 1. The van der Waals surface area contributed by atoms with Crippen molar-refractivity contribution in [2.45, 2.75) is 12.8 Å². The summed E-state index contributed by atoms with van der Waals surface area (Å²) in [7, 11) is -4.67. The van der Waals surface area contributed by atoms with E-state index in [1.165, 1.54) is 12.8 Å². The van der Waals surface area contributed by atoms with Gasteiger partial charge in [-0.1, -0.05) is 0 Å². The lowest BCUT2D eigenvalue weighted by molar-refractivity contribution is 0.198. The molecule has 0 aromatic heterocycles. The van der Waals surface area contributed by atoms with Crippen molar-refractivity contribution in [1.82, 2.24) is 0 Å². The van der Waals surface area contributed by atoms with Gasteiger partial charge in [0.25, 0.3) is 0 Å². The minimum absolute atomic E-state index is 1.00. The lowest BCUT2D eigenvalue weighted by Crippen LogP contribution is -1.89. The SMILES string of the molecule is C1CCOC1.O=S(=O)(O)O. The zero-order chi connectivity index (χ0) is 8.04. The molecular formula is C4H10O5S. The first-order valence-electron chi connectivity index (χ1n) is 2.78. The first-order chi connectivity index (χ1) is 4.50. The van der Waals surface area contributed by atoms with E-state index in [2.05, 4.69) is 0 Å². The van der Waals surface area contributed by atoms with Gasteiger partial charge in [0.15, 0.2) is 0 Å². The molecule has 0 bridgehead atoms. The van der Waals surface area contributed by atoms with Crippen molar-refractivity contribution in [1.29, 1.82) is 0 Å². The Morgan fingerprint density at radius 1 is 1.10 bits per heavy atom. The largest absolute Gasteiger partial charge is 0.394 e. The number of rotatable bonds is 0. The van der Waals surface area contributed by atoms with Crippen LogP contribution in [0.3, 0.4) is 0 Å². The van der Waals surface area contributed by atoms with Crippen molar-refractivity contribution in [2.24, 2.45) is 0 Å². The summed E-state index contributed by atoms with van der Waals surface area (Å²) in [5.74, 6) is 0. The van der Waals surface area contributed by atoms with E-state index < -0.39 is 10.4 Å². The van der Waals surface area contributed by atoms with Crippen LogP contribution >= 0.6 is 0 Å². The van der Waals surface area contributed by atoms with Crippen LogP contribution in [0.4, 0.5) is 0 Å². The lowest BCUT2D eigenvalue weighted by Gasteiger charge is -1.76. The van der Waals surface area contributed by atoms with Gasteiger partial charge >= 0.3 is 10.4 Å². The first-order valence-corrected chi connectivity index (χ1v) is 4.17. The predicted molar refractivity (Wildman–Crippen MR) is 34.2 cm³/mol. The average Bonchev–Trinajstić information content (AvgIpc) is 2.07. The summed E-state index contributed by atoms with van der Waals surface area (Å²) in [6.45, 7) is 2.00. The molecule has 1 saturated heterocycles. The van der Waals surface area contributed by atoms with Crippen LogP contribution < -0.4 is 0 Å². The molecule has 0 amide bonds. The van der Waals surface area contributed by atoms with Gasteiger partial charge in [0.2, 0.25) is 0 Å². The highest BCUT2D eigenvalue weighted by Gasteiger charge is 1.94. The second kappa shape index (κ2) is 4.62. The van der Waals surface area contributed by atoms with E-state index in [-0.39, 0.29) is 0 Å². The van der Waals surface area contributed by atoms with Gasteiger partial charge in [-0.15, -0.1) is 0 Å². The maximum Gasteiger partial charge on any atom is 0.394 e. The Bertz CT molecular complexity index is 141. The maximum atomic E-state index is 8.74. The summed E-state index contributed by atoms with van der Waals surface area (Å²) in [5, 5.41) is 0. The number of hydrogen-bond acceptors (Lipinski definition) is 3. The van der Waals surface area contributed by atoms with Crippen LogP contribution in [0.25, 0.3) is 0 Å². The smallest absolute Gasteiger partial charge is 0.381 e. The summed E-state index contributed by atoms with van der Waals surface area (Å²) >= 11 is 0. The van der Waals surface area contributed by atoms with Gasteiger partial charge in [0.05, 0.1) is 0 Å². The van der Waals surface area contributed by atoms with Crippen LogP contribution in [0.1, 0.15) is 12.8 Å². The van der Waals surface area contributed by atoms with Crippen LogP contribution in [-0.4, -0.2) is 30.7 Å². The van der Waals surface area contributed by atoms with Gasteiger partial charge in [0.1, 0.15) is 0 Å². The minimum atomic E-state index is -4.67. The van der Waals surface area contributed by atoms with Gasteiger partial charge in [0, 0.05) is 13.2 Å². The van der Waals surface area contributed by atoms with E-state index in [1.807, 2.05) is 0 Å². The molecule has 6 heteroatoms. The average molecular weight is 170 g/mol. The fourth-order valence-electron chi connectivity index (χ4n) is 0.510. The third-order valence-corrected chi connectivity index (χ3v) is 0.827. The van der Waals surface area contributed by atoms with Crippen molar-refractivity contribution in [3.05, 3.63) is 0 Å². The van der Waals surface area contributed by atoms with E-state index in [4.69, 9.17) is 22.3 Å². The van der Waals surface area contributed by atoms with Gasteiger partial charge in [-0.25, -0.2) is 0 Å². The zero-order valence-corrected chi connectivity index (χ0v) is 6.17. The minimum Gasteiger partial charge on any atom is -0.381 e. The molecule has 1 aliphatic heterocycles. The second-order valence-corrected chi connectivity index (χ2v) is 2.66. The van der Waals surface area contributed by atoms with Gasteiger partial charge in [-0.2, -0.15) is 8.42 Å². The molecular weight excluding hydrogens is 160 g/mol. The van der Waals surface area contributed by atoms with Crippen molar-refractivity contribution in [3.8, 4) is 0 Å². The predicted octanol–water partition coefficient (Wildman–Crippen LogP) is 0.144. The molecule has 1 aliphatic rings. The Hall–Kier alpha value is -0.170. The van der Waals surface area contributed by atoms with Gasteiger partial charge < -0.3 is 4.74 Å². The van der Waals surface area contributed by atoms with Gasteiger partial charge in [-0.05, 0) is 12.8 Å². The van der Waals surface area contributed by atoms with E-state index >= 15 is 0 Å². The summed E-state index contributed by atoms with van der Waals surface area (Å²) in [6, 6.07) is 0. The molecule has 5 nitrogen and oxygen atoms in total. The summed E-state index contributed by atoms with van der Waals surface area (Å²) in [5.41, 5.74) is 0. The molecule has 62 valence electrons. The second-order valence-electron chi connectivity index (χ2n) is 1.77. The van der Waals surface area contributed by atoms with Crippen LogP contribution in [-0.2, 0) is 15.1 Å². The molecule has 0 saturated carbocycles. The Labute approximate surface area is 59.6 Å². The molecule has 1 heterocycles. The normalized spacial score (nSPS) is 17.8. The molecule has 1 fully saturated rings. The molecule has 10 heavy (non-hydrogen) atoms. The monoisotopic (exact) mass is 170 g/mol. The highest BCUT2D eigenvalue weighted by atomic mass is 32.3. The molecule has 0 aromatic rings. The summed E-state index contributed by atoms with van der Waals surface area (Å²) < 4.78 is 36.5. The molecule has 0 aliphatic carbocycles. The van der Waals surface area contributed by atoms with Crippen LogP contribution in [0, 0.1) is 0 Å². The van der Waals surface area contributed by atoms with Crippen LogP contribution in [0.5, 0.6) is 0 Å². The Kier molecular flexibility index (Phi) is 4.54. The van der Waals surface area contributed by atoms with Crippen molar-refractivity contribution in [3.63, 3.8) is 0 Å². The van der Waals surface area contributed by atoms with Crippen LogP contribution in [0.15, 0.2) is 0 Å². The zero-order valence-electron chi connectivity index (χ0n) is 5.36. The van der Waals surface area contributed by atoms with E-state index in [9.17, 15) is 0 Å². The van der Waals surface area contributed by atoms with Crippen LogP contribution in [0.2, 0.25) is 0 Å². The quantitative estimate of drug-likeness (QED) is 0.505. The molecule has 0 atom stereocenters. The molecule has 0 radical (unpaired) electrons. The van der Waals surface area contributed by atoms with Crippen molar-refractivity contribution in [2.75, 3.05) is 13.2 Å². The van der Waals surface area contributed by atoms with E-state index in [0.29, 0.717) is 0 Å². The standard InChI is InChI=1S/C4H8O.H2O4S/c1-2-4-5-3-1;1-5(2,3)4/h1-4H2;(H2,1,2,3,4). The van der Waals surface area contributed by atoms with E-state index in [0.717, 1.165) is 13.2 Å². The first kappa shape index (κ1) is 9.83. The van der Waals surface area contributed by atoms with Crippen molar-refractivity contribution < 1.29 is 22.3 Å². The van der Waals surface area contributed by atoms with Gasteiger partial charge in [-0.3, -0.25) is 9.11 Å². The molecule has 0 aromatic carbocycles. The summed E-state index contributed by atoms with van der Waals surface area (Å²) in [4.78, 5) is 0. The molecule has 1 rings (SSSR count). The third kappa shape index (κ3) is 15.7. The fraction of sp³-hybridized carbons (Fsp3) is 1.00. The topological polar surface area (TPSA) is 83.8 Å². The maximum absolute atomic E-state index is 8.74. The Morgan fingerprint density at radius 3 is 1.50 bits per heavy atom. The molecule has 2 N–H and O–H groups in total. The lowest BCUT2D eigenvalue weighted by atomic mass is 10.4. The third-order valence-electron chi connectivity index (χ3n) is 0.827. The summed E-state index contributed by atoms with van der Waals surface area (Å²) in [6.07, 6.45) is 2.56. The molecule has 0 unspecified atom stereocenters.